The minimum absolute atomic E-state index is 0.0838. The molecule has 1 aromatic heterocycles. The van der Waals surface area contributed by atoms with Gasteiger partial charge in [0.15, 0.2) is 0 Å². The number of rotatable bonds is 6. The predicted molar refractivity (Wildman–Crippen MR) is 93.6 cm³/mol. The van der Waals surface area contributed by atoms with Crippen LogP contribution in [-0.4, -0.2) is 47.8 Å². The second-order valence-corrected chi connectivity index (χ2v) is 6.09. The number of hydrogen-bond acceptors (Lipinski definition) is 3. The van der Waals surface area contributed by atoms with Crippen LogP contribution in [0.4, 0.5) is 0 Å². The van der Waals surface area contributed by atoms with E-state index in [1.54, 1.807) is 4.68 Å². The van der Waals surface area contributed by atoms with Gasteiger partial charge in [0.1, 0.15) is 0 Å². The van der Waals surface area contributed by atoms with Crippen LogP contribution in [0.5, 0.6) is 0 Å². The molecule has 0 aliphatic rings. The Morgan fingerprint density at radius 2 is 2.04 bits per heavy atom. The van der Waals surface area contributed by atoms with E-state index in [2.05, 4.69) is 10.4 Å². The first-order valence-electron chi connectivity index (χ1n) is 7.72. The van der Waals surface area contributed by atoms with Gasteiger partial charge in [0, 0.05) is 13.1 Å². The molecule has 0 spiro atoms. The Labute approximate surface area is 142 Å². The molecule has 1 heterocycles. The molecular weight excluding hydrogens is 312 g/mol. The van der Waals surface area contributed by atoms with E-state index in [1.165, 1.54) is 0 Å². The number of amides is 1. The fraction of sp³-hybridized carbons (Fsp3) is 0.412. The van der Waals surface area contributed by atoms with Gasteiger partial charge in [0.25, 0.3) is 5.91 Å². The van der Waals surface area contributed by atoms with Crippen molar-refractivity contribution in [2.24, 2.45) is 0 Å². The molecule has 0 radical (unpaired) electrons. The summed E-state index contributed by atoms with van der Waals surface area (Å²) in [7, 11) is 3.95. The third-order valence-electron chi connectivity index (χ3n) is 3.64. The zero-order valence-electron chi connectivity index (χ0n) is 14.1. The topological polar surface area (TPSA) is 50.2 Å². The Hall–Kier alpha value is -1.85. The molecule has 0 aliphatic carbocycles. The molecule has 0 fully saturated rings. The van der Waals surface area contributed by atoms with Crippen LogP contribution in [0.25, 0.3) is 5.69 Å². The zero-order valence-corrected chi connectivity index (χ0v) is 14.8. The third-order valence-corrected chi connectivity index (χ3v) is 3.96. The van der Waals surface area contributed by atoms with E-state index in [9.17, 15) is 4.79 Å². The maximum absolute atomic E-state index is 12.5. The van der Waals surface area contributed by atoms with Crippen LogP contribution in [0.2, 0.25) is 5.02 Å². The maximum Gasteiger partial charge on any atom is 0.255 e. The van der Waals surface area contributed by atoms with Crippen LogP contribution in [0.15, 0.2) is 24.3 Å². The first-order chi connectivity index (χ1) is 11.0. The number of halogens is 1. The van der Waals surface area contributed by atoms with Crippen LogP contribution < -0.4 is 5.32 Å². The molecule has 5 nitrogen and oxygen atoms in total. The maximum atomic E-state index is 12.5. The van der Waals surface area contributed by atoms with E-state index >= 15 is 0 Å². The molecule has 1 N–H and O–H groups in total. The summed E-state index contributed by atoms with van der Waals surface area (Å²) in [4.78, 5) is 14.6. The summed E-state index contributed by atoms with van der Waals surface area (Å²) in [5.41, 5.74) is 3.02. The molecule has 23 heavy (non-hydrogen) atoms. The molecular formula is C17H23ClN4O. The fourth-order valence-corrected chi connectivity index (χ4v) is 2.72. The highest BCUT2D eigenvalue weighted by molar-refractivity contribution is 6.32. The quantitative estimate of drug-likeness (QED) is 0.883. The first-order valence-corrected chi connectivity index (χ1v) is 8.09. The van der Waals surface area contributed by atoms with Crippen molar-refractivity contribution < 1.29 is 4.79 Å². The fourth-order valence-electron chi connectivity index (χ4n) is 2.50. The lowest BCUT2D eigenvalue weighted by Gasteiger charge is -2.12. The second kappa shape index (κ2) is 7.62. The number of carbonyl (C=O) groups is 1. The monoisotopic (exact) mass is 334 g/mol. The Kier molecular flexibility index (Phi) is 5.80. The number of nitrogens with one attached hydrogen (secondary N) is 1. The highest BCUT2D eigenvalue weighted by Crippen LogP contribution is 2.24. The molecule has 0 atom stereocenters. The van der Waals surface area contributed by atoms with Gasteiger partial charge in [-0.15, -0.1) is 0 Å². The normalized spacial score (nSPS) is 11.0. The van der Waals surface area contributed by atoms with Crippen molar-refractivity contribution in [3.05, 3.63) is 46.2 Å². The lowest BCUT2D eigenvalue weighted by molar-refractivity contribution is 0.0949. The van der Waals surface area contributed by atoms with Gasteiger partial charge in [0.2, 0.25) is 0 Å². The van der Waals surface area contributed by atoms with Gasteiger partial charge in [-0.1, -0.05) is 30.7 Å². The van der Waals surface area contributed by atoms with Gasteiger partial charge >= 0.3 is 0 Å². The molecule has 0 saturated heterocycles. The van der Waals surface area contributed by atoms with Crippen LogP contribution >= 0.6 is 11.6 Å². The van der Waals surface area contributed by atoms with Crippen LogP contribution in [0.1, 0.15) is 28.7 Å². The van der Waals surface area contributed by atoms with Crippen molar-refractivity contribution in [3.63, 3.8) is 0 Å². The lowest BCUT2D eigenvalue weighted by Crippen LogP contribution is -2.32. The first kappa shape index (κ1) is 17.5. The zero-order chi connectivity index (χ0) is 17.0. The number of aryl methyl sites for hydroxylation is 1. The van der Waals surface area contributed by atoms with Gasteiger partial charge in [0.05, 0.1) is 27.7 Å². The highest BCUT2D eigenvalue weighted by atomic mass is 35.5. The lowest BCUT2D eigenvalue weighted by atomic mass is 10.1. The predicted octanol–water partition coefficient (Wildman–Crippen LogP) is 2.69. The number of nitrogens with zero attached hydrogens (tertiary/aromatic N) is 3. The van der Waals surface area contributed by atoms with E-state index in [1.807, 2.05) is 57.1 Å². The Bertz CT molecular complexity index is 694. The largest absolute Gasteiger partial charge is 0.351 e. The SMILES string of the molecule is CCc1c(C(=O)NCCN(C)C)c(C)nn1-c1ccccc1Cl. The number of carbonyl (C=O) groups excluding carboxylic acids is 1. The summed E-state index contributed by atoms with van der Waals surface area (Å²) >= 11 is 6.28. The summed E-state index contributed by atoms with van der Waals surface area (Å²) in [6, 6.07) is 7.52. The van der Waals surface area contributed by atoms with Crippen molar-refractivity contribution in [2.45, 2.75) is 20.3 Å². The average molecular weight is 335 g/mol. The molecule has 6 heteroatoms. The van der Waals surface area contributed by atoms with E-state index in [0.29, 0.717) is 29.2 Å². The highest BCUT2D eigenvalue weighted by Gasteiger charge is 2.21. The number of para-hydroxylation sites is 1. The Morgan fingerprint density at radius 1 is 1.35 bits per heavy atom. The van der Waals surface area contributed by atoms with Gasteiger partial charge in [-0.2, -0.15) is 5.10 Å². The van der Waals surface area contributed by atoms with Gasteiger partial charge in [-0.25, -0.2) is 4.68 Å². The summed E-state index contributed by atoms with van der Waals surface area (Å²) < 4.78 is 1.78. The molecule has 0 aliphatic heterocycles. The van der Waals surface area contributed by atoms with Gasteiger partial charge in [-0.3, -0.25) is 4.79 Å². The summed E-state index contributed by atoms with van der Waals surface area (Å²) in [5, 5.41) is 8.11. The van der Waals surface area contributed by atoms with E-state index in [-0.39, 0.29) is 5.91 Å². The van der Waals surface area contributed by atoms with Crippen molar-refractivity contribution in [1.82, 2.24) is 20.0 Å². The van der Waals surface area contributed by atoms with Crippen molar-refractivity contribution in [1.29, 1.82) is 0 Å². The number of likely N-dealkylation sites (N-methyl/N-ethyl adjacent to an activating group) is 1. The molecule has 0 bridgehead atoms. The van der Waals surface area contributed by atoms with Crippen molar-refractivity contribution in [3.8, 4) is 5.69 Å². The van der Waals surface area contributed by atoms with E-state index in [4.69, 9.17) is 11.6 Å². The van der Waals surface area contributed by atoms with E-state index in [0.717, 1.165) is 17.9 Å². The molecule has 2 rings (SSSR count). The van der Waals surface area contributed by atoms with Crippen LogP contribution in [0.3, 0.4) is 0 Å². The summed E-state index contributed by atoms with van der Waals surface area (Å²) in [6.07, 6.45) is 0.697. The minimum Gasteiger partial charge on any atom is -0.351 e. The number of hydrogen-bond donors (Lipinski definition) is 1. The summed E-state index contributed by atoms with van der Waals surface area (Å²) in [5.74, 6) is -0.0838. The molecule has 0 saturated carbocycles. The van der Waals surface area contributed by atoms with Gasteiger partial charge in [-0.05, 0) is 39.6 Å². The Morgan fingerprint density at radius 3 is 2.65 bits per heavy atom. The van der Waals surface area contributed by atoms with Crippen molar-refractivity contribution in [2.75, 3.05) is 27.2 Å². The van der Waals surface area contributed by atoms with E-state index < -0.39 is 0 Å². The smallest absolute Gasteiger partial charge is 0.255 e. The standard InChI is InChI=1S/C17H23ClN4O/c1-5-14-16(17(23)19-10-11-21(3)4)12(2)20-22(14)15-9-7-6-8-13(15)18/h6-9H,5,10-11H2,1-4H3,(H,19,23). The molecule has 2 aromatic rings. The van der Waals surface area contributed by atoms with Gasteiger partial charge < -0.3 is 10.2 Å². The molecule has 124 valence electrons. The third kappa shape index (κ3) is 3.92. The number of aromatic nitrogens is 2. The molecule has 1 amide bonds. The summed E-state index contributed by atoms with van der Waals surface area (Å²) in [6.45, 7) is 5.27. The Balaban J connectivity index is 2.35. The number of benzene rings is 1. The minimum atomic E-state index is -0.0838. The van der Waals surface area contributed by atoms with Crippen LogP contribution in [-0.2, 0) is 6.42 Å². The van der Waals surface area contributed by atoms with Crippen molar-refractivity contribution >= 4 is 17.5 Å². The average Bonchev–Trinajstić information content (AvgIpc) is 2.83. The molecule has 1 aromatic carbocycles. The van der Waals surface area contributed by atoms with Crippen LogP contribution in [0, 0.1) is 6.92 Å². The second-order valence-electron chi connectivity index (χ2n) is 5.68. The molecule has 0 unspecified atom stereocenters.